The molecular weight excluding hydrogens is 342 g/mol. The molecule has 1 N–H and O–H groups in total. The minimum atomic E-state index is 0.515. The maximum atomic E-state index is 9.52. The molecule has 3 aromatic rings. The Kier molecular flexibility index (Phi) is 5.67. The first-order valence-electron chi connectivity index (χ1n) is 8.30. The number of aryl methyl sites for hydroxylation is 1. The number of allylic oxidation sites excluding steroid dienone is 1. The van der Waals surface area contributed by atoms with Crippen LogP contribution in [0.15, 0.2) is 60.1 Å². The summed E-state index contributed by atoms with van der Waals surface area (Å²) < 4.78 is 5.18. The highest BCUT2D eigenvalue weighted by Gasteiger charge is 2.09. The van der Waals surface area contributed by atoms with Crippen LogP contribution in [0, 0.1) is 11.3 Å². The van der Waals surface area contributed by atoms with E-state index in [1.54, 1.807) is 13.3 Å². The van der Waals surface area contributed by atoms with Crippen molar-refractivity contribution in [3.8, 4) is 23.1 Å². The molecule has 0 radical (unpaired) electrons. The molecule has 0 fully saturated rings. The van der Waals surface area contributed by atoms with E-state index in [0.717, 1.165) is 29.1 Å². The Bertz CT molecular complexity index is 952. The van der Waals surface area contributed by atoms with E-state index in [1.165, 1.54) is 16.9 Å². The first-order chi connectivity index (χ1) is 12.7. The van der Waals surface area contributed by atoms with E-state index in [1.807, 2.05) is 47.8 Å². The molecule has 0 aliphatic carbocycles. The van der Waals surface area contributed by atoms with Crippen LogP contribution in [0.1, 0.15) is 17.5 Å². The third-order valence-electron chi connectivity index (χ3n) is 4.01. The van der Waals surface area contributed by atoms with Crippen molar-refractivity contribution in [2.24, 2.45) is 0 Å². The van der Waals surface area contributed by atoms with E-state index in [2.05, 4.69) is 29.4 Å². The molecule has 2 aromatic carbocycles. The summed E-state index contributed by atoms with van der Waals surface area (Å²) in [5, 5.41) is 15.4. The highest BCUT2D eigenvalue weighted by atomic mass is 32.1. The number of benzene rings is 2. The molecule has 26 heavy (non-hydrogen) atoms. The second kappa shape index (κ2) is 8.32. The van der Waals surface area contributed by atoms with Gasteiger partial charge in [0, 0.05) is 22.8 Å². The van der Waals surface area contributed by atoms with Gasteiger partial charge in [-0.1, -0.05) is 25.1 Å². The van der Waals surface area contributed by atoms with Crippen molar-refractivity contribution in [3.05, 3.63) is 70.7 Å². The van der Waals surface area contributed by atoms with Crippen molar-refractivity contribution in [1.82, 2.24) is 4.98 Å². The zero-order valence-electron chi connectivity index (χ0n) is 14.7. The maximum absolute atomic E-state index is 9.52. The van der Waals surface area contributed by atoms with Gasteiger partial charge >= 0.3 is 0 Å². The van der Waals surface area contributed by atoms with E-state index < -0.39 is 0 Å². The third kappa shape index (κ3) is 3.93. The molecule has 4 nitrogen and oxygen atoms in total. The highest BCUT2D eigenvalue weighted by molar-refractivity contribution is 7.11. The molecule has 0 aliphatic heterocycles. The van der Waals surface area contributed by atoms with E-state index in [4.69, 9.17) is 4.74 Å². The number of nitrogens with zero attached hydrogens (tertiary/aromatic N) is 2. The Morgan fingerprint density at radius 3 is 2.69 bits per heavy atom. The molecule has 0 aliphatic rings. The molecule has 0 saturated heterocycles. The van der Waals surface area contributed by atoms with Crippen molar-refractivity contribution in [2.75, 3.05) is 12.4 Å². The van der Waals surface area contributed by atoms with Crippen LogP contribution >= 0.6 is 11.3 Å². The Hall–Kier alpha value is -3.10. The first-order valence-corrected chi connectivity index (χ1v) is 9.18. The molecule has 0 bridgehead atoms. The minimum Gasteiger partial charge on any atom is -0.497 e. The van der Waals surface area contributed by atoms with Crippen molar-refractivity contribution >= 4 is 22.6 Å². The number of nitriles is 1. The van der Waals surface area contributed by atoms with Crippen molar-refractivity contribution < 1.29 is 4.74 Å². The van der Waals surface area contributed by atoms with Gasteiger partial charge in [-0.3, -0.25) is 0 Å². The average molecular weight is 361 g/mol. The molecule has 0 saturated carbocycles. The van der Waals surface area contributed by atoms with E-state index in [0.29, 0.717) is 10.6 Å². The standard InChI is InChI=1S/C21H19N3OS/c1-3-15-6-4-5-7-19(15)23-13-17(12-22)21-24-20(14-26-21)16-8-10-18(25-2)11-9-16/h4-11,13-14,23H,3H2,1-2H3. The largest absolute Gasteiger partial charge is 0.497 e. The van der Waals surface area contributed by atoms with Gasteiger partial charge in [-0.15, -0.1) is 11.3 Å². The van der Waals surface area contributed by atoms with Gasteiger partial charge in [0.2, 0.25) is 0 Å². The van der Waals surface area contributed by atoms with Crippen LogP contribution in [-0.4, -0.2) is 12.1 Å². The Morgan fingerprint density at radius 1 is 1.23 bits per heavy atom. The van der Waals surface area contributed by atoms with Gasteiger partial charge in [0.1, 0.15) is 22.4 Å². The Labute approximate surface area is 157 Å². The molecule has 1 aromatic heterocycles. The van der Waals surface area contributed by atoms with Crippen molar-refractivity contribution in [3.63, 3.8) is 0 Å². The molecule has 0 spiro atoms. The summed E-state index contributed by atoms with van der Waals surface area (Å²) >= 11 is 1.46. The summed E-state index contributed by atoms with van der Waals surface area (Å²) in [6.45, 7) is 2.11. The third-order valence-corrected chi connectivity index (χ3v) is 4.89. The zero-order valence-corrected chi connectivity index (χ0v) is 15.5. The smallest absolute Gasteiger partial charge is 0.136 e. The highest BCUT2D eigenvalue weighted by Crippen LogP contribution is 2.27. The number of hydrogen-bond donors (Lipinski definition) is 1. The fourth-order valence-electron chi connectivity index (χ4n) is 2.55. The van der Waals surface area contributed by atoms with Gasteiger partial charge in [0.15, 0.2) is 0 Å². The van der Waals surface area contributed by atoms with Gasteiger partial charge in [-0.25, -0.2) is 4.98 Å². The van der Waals surface area contributed by atoms with Crippen LogP contribution in [0.3, 0.4) is 0 Å². The number of rotatable bonds is 6. The van der Waals surface area contributed by atoms with Gasteiger partial charge in [-0.05, 0) is 42.3 Å². The van der Waals surface area contributed by atoms with Gasteiger partial charge in [-0.2, -0.15) is 5.26 Å². The quantitative estimate of drug-likeness (QED) is 0.601. The lowest BCUT2D eigenvalue weighted by atomic mass is 10.1. The molecule has 0 atom stereocenters. The van der Waals surface area contributed by atoms with Gasteiger partial charge in [0.05, 0.1) is 12.8 Å². The summed E-state index contributed by atoms with van der Waals surface area (Å²) in [4.78, 5) is 4.61. The minimum absolute atomic E-state index is 0.515. The number of thiazole rings is 1. The Morgan fingerprint density at radius 2 is 2.00 bits per heavy atom. The number of ether oxygens (including phenoxy) is 1. The van der Waals surface area contributed by atoms with Crippen molar-refractivity contribution in [2.45, 2.75) is 13.3 Å². The lowest BCUT2D eigenvalue weighted by Gasteiger charge is -2.07. The molecule has 5 heteroatoms. The molecule has 1 heterocycles. The number of anilines is 1. The number of aromatic nitrogens is 1. The van der Waals surface area contributed by atoms with Crippen LogP contribution < -0.4 is 10.1 Å². The fourth-order valence-corrected chi connectivity index (χ4v) is 3.35. The summed E-state index contributed by atoms with van der Waals surface area (Å²) in [5.74, 6) is 0.806. The number of para-hydroxylation sites is 1. The summed E-state index contributed by atoms with van der Waals surface area (Å²) in [6, 6.07) is 18.0. The van der Waals surface area contributed by atoms with Crippen LogP contribution in [0.25, 0.3) is 16.8 Å². The second-order valence-electron chi connectivity index (χ2n) is 5.59. The SMILES string of the molecule is CCc1ccccc1NC=C(C#N)c1nc(-c2ccc(OC)cc2)cs1. The van der Waals surface area contributed by atoms with E-state index in [-0.39, 0.29) is 0 Å². The van der Waals surface area contributed by atoms with Gasteiger partial charge < -0.3 is 10.1 Å². The predicted octanol–water partition coefficient (Wildman–Crippen LogP) is 5.36. The maximum Gasteiger partial charge on any atom is 0.136 e. The van der Waals surface area contributed by atoms with Crippen LogP contribution in [-0.2, 0) is 6.42 Å². The molecular formula is C21H19N3OS. The lowest BCUT2D eigenvalue weighted by molar-refractivity contribution is 0.415. The van der Waals surface area contributed by atoms with Crippen LogP contribution in [0.2, 0.25) is 0 Å². The molecule has 0 amide bonds. The van der Waals surface area contributed by atoms with Crippen LogP contribution in [0.5, 0.6) is 5.75 Å². The summed E-state index contributed by atoms with van der Waals surface area (Å²) in [5.41, 5.74) is 4.58. The average Bonchev–Trinajstić information content (AvgIpc) is 3.19. The van der Waals surface area contributed by atoms with Crippen LogP contribution in [0.4, 0.5) is 5.69 Å². The molecule has 0 unspecified atom stereocenters. The normalized spacial score (nSPS) is 11.0. The first kappa shape index (κ1) is 17.7. The summed E-state index contributed by atoms with van der Waals surface area (Å²) in [7, 11) is 1.64. The fraction of sp³-hybridized carbons (Fsp3) is 0.143. The van der Waals surface area contributed by atoms with Gasteiger partial charge in [0.25, 0.3) is 0 Å². The number of methoxy groups -OCH3 is 1. The number of hydrogen-bond acceptors (Lipinski definition) is 5. The predicted molar refractivity (Wildman–Crippen MR) is 107 cm³/mol. The monoisotopic (exact) mass is 361 g/mol. The van der Waals surface area contributed by atoms with E-state index in [9.17, 15) is 5.26 Å². The Balaban J connectivity index is 1.82. The zero-order chi connectivity index (χ0) is 18.4. The number of nitrogens with one attached hydrogen (secondary N) is 1. The second-order valence-corrected chi connectivity index (χ2v) is 6.45. The van der Waals surface area contributed by atoms with Crippen molar-refractivity contribution in [1.29, 1.82) is 5.26 Å². The van der Waals surface area contributed by atoms with E-state index >= 15 is 0 Å². The summed E-state index contributed by atoms with van der Waals surface area (Å²) in [6.07, 6.45) is 2.66. The lowest BCUT2D eigenvalue weighted by Crippen LogP contribution is -1.95. The molecule has 3 rings (SSSR count). The molecule has 130 valence electrons. The topological polar surface area (TPSA) is 57.9 Å².